The quantitative estimate of drug-likeness (QED) is 0.0200. The second-order valence-electron chi connectivity index (χ2n) is 15.3. The van der Waals surface area contributed by atoms with E-state index in [1.54, 1.807) is 0 Å². The minimum absolute atomic E-state index is 0.0384. The van der Waals surface area contributed by atoms with Gasteiger partial charge in [0.1, 0.15) is 19.8 Å². The second kappa shape index (κ2) is 36.6. The maximum Gasteiger partial charge on any atom is 0.306 e. The molecule has 0 aromatic rings. The molecule has 0 amide bonds. The molecule has 10 heteroatoms. The van der Waals surface area contributed by atoms with E-state index < -0.39 is 32.5 Å². The third-order valence-corrected chi connectivity index (χ3v) is 9.79. The lowest BCUT2D eigenvalue weighted by Gasteiger charge is -2.28. The van der Waals surface area contributed by atoms with Crippen LogP contribution in [0, 0.1) is 0 Å². The maximum atomic E-state index is 12.7. The Morgan fingerprint density at radius 1 is 0.574 bits per heavy atom. The molecule has 0 fully saturated rings. The van der Waals surface area contributed by atoms with Gasteiger partial charge in [-0.25, -0.2) is 0 Å². The molecule has 314 valence electrons. The number of hydrogen-bond acceptors (Lipinski definition) is 8. The van der Waals surface area contributed by atoms with E-state index in [1.165, 1.54) is 77.0 Å². The van der Waals surface area contributed by atoms with Crippen LogP contribution >= 0.6 is 7.82 Å². The van der Waals surface area contributed by atoms with Crippen LogP contribution < -0.4 is 4.89 Å². The Balaban J connectivity index is 4.45. The molecule has 0 saturated heterocycles. The van der Waals surface area contributed by atoms with Gasteiger partial charge in [0.15, 0.2) is 6.10 Å². The average Bonchev–Trinajstić information content (AvgIpc) is 3.12. The summed E-state index contributed by atoms with van der Waals surface area (Å²) in [6, 6.07) is 0. The van der Waals surface area contributed by atoms with Crippen molar-refractivity contribution in [3.05, 3.63) is 48.6 Å². The van der Waals surface area contributed by atoms with Crippen molar-refractivity contribution in [3.63, 3.8) is 0 Å². The topological polar surface area (TPSA) is 111 Å². The molecule has 0 radical (unpaired) electrons. The van der Waals surface area contributed by atoms with Crippen LogP contribution in [0.5, 0.6) is 0 Å². The van der Waals surface area contributed by atoms with E-state index in [0.717, 1.165) is 51.4 Å². The van der Waals surface area contributed by atoms with Gasteiger partial charge in [0.2, 0.25) is 0 Å². The van der Waals surface area contributed by atoms with Crippen molar-refractivity contribution in [2.75, 3.05) is 47.5 Å². The lowest BCUT2D eigenvalue weighted by Crippen LogP contribution is -2.37. The lowest BCUT2D eigenvalue weighted by molar-refractivity contribution is -0.870. The van der Waals surface area contributed by atoms with Crippen LogP contribution in [-0.4, -0.2) is 70.0 Å². The third kappa shape index (κ3) is 39.7. The molecule has 0 rings (SSSR count). The van der Waals surface area contributed by atoms with Crippen molar-refractivity contribution in [2.24, 2.45) is 0 Å². The number of quaternary nitrogens is 1. The van der Waals surface area contributed by atoms with Crippen molar-refractivity contribution >= 4 is 19.8 Å². The average molecular weight is 782 g/mol. The Bertz CT molecular complexity index is 1070. The number of unbranched alkanes of at least 4 members (excludes halogenated alkanes) is 16. The number of nitrogens with zero attached hydrogens (tertiary/aromatic N) is 1. The highest BCUT2D eigenvalue weighted by molar-refractivity contribution is 7.45. The first-order chi connectivity index (χ1) is 26.0. The molecule has 0 aromatic carbocycles. The van der Waals surface area contributed by atoms with E-state index in [-0.39, 0.29) is 26.1 Å². The molecular weight excluding hydrogens is 701 g/mol. The summed E-state index contributed by atoms with van der Waals surface area (Å²) in [7, 11) is 1.14. The van der Waals surface area contributed by atoms with Gasteiger partial charge in [-0.05, 0) is 70.6 Å². The molecule has 9 nitrogen and oxygen atoms in total. The van der Waals surface area contributed by atoms with Crippen LogP contribution in [0.3, 0.4) is 0 Å². The first kappa shape index (κ1) is 52.0. The fourth-order valence-corrected chi connectivity index (χ4v) is 6.13. The number of phosphoric ester groups is 1. The van der Waals surface area contributed by atoms with Crippen molar-refractivity contribution in [2.45, 2.75) is 174 Å². The van der Waals surface area contributed by atoms with Crippen molar-refractivity contribution in [1.29, 1.82) is 0 Å². The highest BCUT2D eigenvalue weighted by Crippen LogP contribution is 2.38. The molecule has 0 aliphatic heterocycles. The van der Waals surface area contributed by atoms with Crippen LogP contribution in [0.15, 0.2) is 48.6 Å². The van der Waals surface area contributed by atoms with Crippen LogP contribution in [0.4, 0.5) is 0 Å². The summed E-state index contributed by atoms with van der Waals surface area (Å²) in [5.41, 5.74) is 0. The number of hydrogen-bond donors (Lipinski definition) is 0. The summed E-state index contributed by atoms with van der Waals surface area (Å²) >= 11 is 0. The summed E-state index contributed by atoms with van der Waals surface area (Å²) < 4.78 is 33.8. The van der Waals surface area contributed by atoms with Crippen LogP contribution in [0.1, 0.15) is 168 Å². The molecule has 1 unspecified atom stereocenters. The van der Waals surface area contributed by atoms with Crippen LogP contribution in [0.25, 0.3) is 0 Å². The van der Waals surface area contributed by atoms with Gasteiger partial charge in [-0.3, -0.25) is 14.2 Å². The zero-order chi connectivity index (χ0) is 40.0. The van der Waals surface area contributed by atoms with E-state index in [9.17, 15) is 19.0 Å². The summed E-state index contributed by atoms with van der Waals surface area (Å²) in [5.74, 6) is -0.884. The first-order valence-corrected chi connectivity index (χ1v) is 22.8. The number of esters is 2. The summed E-state index contributed by atoms with van der Waals surface area (Å²) in [6.07, 6.45) is 41.3. The van der Waals surface area contributed by atoms with Crippen molar-refractivity contribution < 1.29 is 42.1 Å². The number of likely N-dealkylation sites (N-methyl/N-ethyl adjacent to an activating group) is 1. The molecule has 0 spiro atoms. The molecule has 0 aliphatic rings. The van der Waals surface area contributed by atoms with Crippen molar-refractivity contribution in [1.82, 2.24) is 0 Å². The Kier molecular flexibility index (Phi) is 35.2. The predicted octanol–water partition coefficient (Wildman–Crippen LogP) is 11.3. The number of carbonyl (C=O) groups excluding carboxylic acids is 2. The van der Waals surface area contributed by atoms with E-state index in [4.69, 9.17) is 18.5 Å². The monoisotopic (exact) mass is 782 g/mol. The number of ether oxygens (including phenoxy) is 2. The Hall–Kier alpha value is -2.03. The minimum Gasteiger partial charge on any atom is -0.756 e. The minimum atomic E-state index is -4.63. The zero-order valence-electron chi connectivity index (χ0n) is 35.2. The second-order valence-corrected chi connectivity index (χ2v) is 16.8. The smallest absolute Gasteiger partial charge is 0.306 e. The summed E-state index contributed by atoms with van der Waals surface area (Å²) in [4.78, 5) is 37.5. The van der Waals surface area contributed by atoms with Gasteiger partial charge in [-0.15, -0.1) is 0 Å². The highest BCUT2D eigenvalue weighted by atomic mass is 31.2. The normalized spacial score (nSPS) is 14.1. The number of allylic oxidation sites excluding steroid dienone is 8. The van der Waals surface area contributed by atoms with E-state index >= 15 is 0 Å². The van der Waals surface area contributed by atoms with Gasteiger partial charge in [0.25, 0.3) is 7.82 Å². The summed E-state index contributed by atoms with van der Waals surface area (Å²) in [5, 5.41) is 0. The number of phosphoric acid groups is 1. The Labute approximate surface area is 331 Å². The van der Waals surface area contributed by atoms with Gasteiger partial charge < -0.3 is 27.9 Å². The Morgan fingerprint density at radius 2 is 1.02 bits per heavy atom. The molecule has 2 atom stereocenters. The van der Waals surface area contributed by atoms with Crippen LogP contribution in [0.2, 0.25) is 0 Å². The molecule has 0 N–H and O–H groups in total. The molecule has 0 bridgehead atoms. The van der Waals surface area contributed by atoms with Gasteiger partial charge in [-0.2, -0.15) is 0 Å². The van der Waals surface area contributed by atoms with Crippen molar-refractivity contribution in [3.8, 4) is 0 Å². The SMILES string of the molecule is CCCC/C=C/CCCCCCCCCCCC(=O)O[C@H](COC(=O)CCCC/C=C/C/C=C/C/C=C/CCCCC)COP(=O)([O-])OCC[N+](C)(C)C. The van der Waals surface area contributed by atoms with Gasteiger partial charge in [0, 0.05) is 12.8 Å². The predicted molar refractivity (Wildman–Crippen MR) is 222 cm³/mol. The van der Waals surface area contributed by atoms with Gasteiger partial charge in [0.05, 0.1) is 27.7 Å². The standard InChI is InChI=1S/C44H80NO8P/c1-6-8-10-12-14-16-18-20-22-24-26-28-30-32-34-36-43(46)50-40-42(41-52-54(48,49)51-39-38-45(3,4)5)53-44(47)37-35-33-31-29-27-25-23-21-19-17-15-13-11-9-7-2/h13-16,20,22,26,28,42H,6-12,17-19,21,23-25,27,29-41H2,1-5H3/b15-13+,16-14+,22-20+,28-26+/t42-/m1/s1. The Morgan fingerprint density at radius 3 is 1.59 bits per heavy atom. The molecule has 0 aromatic heterocycles. The van der Waals surface area contributed by atoms with E-state index in [0.29, 0.717) is 23.9 Å². The number of carbonyl (C=O) groups is 2. The highest BCUT2D eigenvalue weighted by Gasteiger charge is 2.21. The maximum absolute atomic E-state index is 12.7. The third-order valence-electron chi connectivity index (χ3n) is 8.82. The molecule has 0 heterocycles. The molecule has 0 aliphatic carbocycles. The summed E-state index contributed by atoms with van der Waals surface area (Å²) in [6.45, 7) is 4.11. The van der Waals surface area contributed by atoms with E-state index in [2.05, 4.69) is 62.5 Å². The number of rotatable bonds is 38. The zero-order valence-corrected chi connectivity index (χ0v) is 36.0. The molecular formula is C44H80NO8P. The molecule has 0 saturated carbocycles. The van der Waals surface area contributed by atoms with Gasteiger partial charge >= 0.3 is 11.9 Å². The van der Waals surface area contributed by atoms with Crippen LogP contribution in [-0.2, 0) is 32.7 Å². The largest absolute Gasteiger partial charge is 0.756 e. The fraction of sp³-hybridized carbons (Fsp3) is 0.773. The van der Waals surface area contributed by atoms with E-state index in [1.807, 2.05) is 21.1 Å². The molecule has 54 heavy (non-hydrogen) atoms. The lowest BCUT2D eigenvalue weighted by atomic mass is 10.1. The van der Waals surface area contributed by atoms with Gasteiger partial charge in [-0.1, -0.05) is 133 Å². The fourth-order valence-electron chi connectivity index (χ4n) is 5.41. The first-order valence-electron chi connectivity index (χ1n) is 21.3.